The molecule has 0 rings (SSSR count). The van der Waals surface area contributed by atoms with Gasteiger partial charge >= 0.3 is 5.97 Å². The second-order valence-electron chi connectivity index (χ2n) is 4.19. The molecule has 0 aromatic heterocycles. The van der Waals surface area contributed by atoms with Gasteiger partial charge in [-0.2, -0.15) is 0 Å². The van der Waals surface area contributed by atoms with Crippen molar-refractivity contribution in [2.45, 2.75) is 34.1 Å². The number of nitrogens with two attached hydrogens (primary N) is 1. The average molecular weight is 171 g/mol. The molecule has 0 aromatic carbocycles. The third-order valence-corrected chi connectivity index (χ3v) is 1.52. The second kappa shape index (κ2) is 3.61. The van der Waals surface area contributed by atoms with Gasteiger partial charge in [0, 0.05) is 5.70 Å². The maximum Gasteiger partial charge on any atom is 0.333 e. The molecule has 12 heavy (non-hydrogen) atoms. The van der Waals surface area contributed by atoms with Crippen LogP contribution < -0.4 is 5.73 Å². The third-order valence-electron chi connectivity index (χ3n) is 1.52. The van der Waals surface area contributed by atoms with Crippen molar-refractivity contribution in [3.05, 3.63) is 11.3 Å². The number of rotatable bonds is 2. The molecule has 3 N–H and O–H groups in total. The van der Waals surface area contributed by atoms with Gasteiger partial charge in [-0.3, -0.25) is 0 Å². The van der Waals surface area contributed by atoms with Gasteiger partial charge in [-0.1, -0.05) is 20.8 Å². The molecule has 0 unspecified atom stereocenters. The maximum absolute atomic E-state index is 10.5. The van der Waals surface area contributed by atoms with Crippen LogP contribution in [0.4, 0.5) is 0 Å². The molecular weight excluding hydrogens is 154 g/mol. The molecule has 0 saturated carbocycles. The van der Waals surface area contributed by atoms with E-state index in [0.717, 1.165) is 0 Å². The Labute approximate surface area is 73.3 Å². The summed E-state index contributed by atoms with van der Waals surface area (Å²) < 4.78 is 0. The van der Waals surface area contributed by atoms with Crippen LogP contribution in [0.15, 0.2) is 11.3 Å². The molecule has 0 fully saturated rings. The predicted octanol–water partition coefficient (Wildman–Crippen LogP) is 1.74. The van der Waals surface area contributed by atoms with Gasteiger partial charge in [0.05, 0.1) is 5.57 Å². The minimum atomic E-state index is -0.934. The van der Waals surface area contributed by atoms with Crippen LogP contribution in [0, 0.1) is 5.41 Å². The molecule has 3 heteroatoms. The highest BCUT2D eigenvalue weighted by molar-refractivity contribution is 5.86. The quantitative estimate of drug-likeness (QED) is 0.622. The zero-order chi connectivity index (χ0) is 9.94. The van der Waals surface area contributed by atoms with Gasteiger partial charge in [-0.05, 0) is 18.8 Å². The summed E-state index contributed by atoms with van der Waals surface area (Å²) in [5.74, 6) is -0.934. The van der Waals surface area contributed by atoms with Gasteiger partial charge in [0.15, 0.2) is 0 Å². The Balaban J connectivity index is 4.49. The molecule has 0 amide bonds. The van der Waals surface area contributed by atoms with E-state index in [4.69, 9.17) is 10.8 Å². The summed E-state index contributed by atoms with van der Waals surface area (Å²) in [6.07, 6.45) is 0.616. The maximum atomic E-state index is 10.5. The summed E-state index contributed by atoms with van der Waals surface area (Å²) in [6.45, 7) is 7.60. The van der Waals surface area contributed by atoms with Crippen molar-refractivity contribution in [2.24, 2.45) is 11.1 Å². The van der Waals surface area contributed by atoms with Crippen LogP contribution in [0.3, 0.4) is 0 Å². The summed E-state index contributed by atoms with van der Waals surface area (Å²) in [5.41, 5.74) is 6.37. The standard InChI is InChI=1S/C9H17NO2/c1-6(8(11)12)7(10)5-9(2,3)4/h5,10H2,1-4H3,(H,11,12). The van der Waals surface area contributed by atoms with Crippen LogP contribution >= 0.6 is 0 Å². The van der Waals surface area contributed by atoms with E-state index in [9.17, 15) is 4.79 Å². The van der Waals surface area contributed by atoms with E-state index in [-0.39, 0.29) is 11.0 Å². The van der Waals surface area contributed by atoms with E-state index >= 15 is 0 Å². The smallest absolute Gasteiger partial charge is 0.333 e. The molecule has 0 spiro atoms. The molecule has 70 valence electrons. The number of hydrogen-bond donors (Lipinski definition) is 2. The molecule has 0 aliphatic heterocycles. The lowest BCUT2D eigenvalue weighted by Gasteiger charge is -2.18. The Bertz CT molecular complexity index is 211. The number of allylic oxidation sites excluding steroid dienone is 1. The second-order valence-corrected chi connectivity index (χ2v) is 4.19. The van der Waals surface area contributed by atoms with Crippen LogP contribution in [0.5, 0.6) is 0 Å². The fourth-order valence-corrected chi connectivity index (χ4v) is 0.841. The molecule has 0 aliphatic carbocycles. The molecule has 0 bridgehead atoms. The van der Waals surface area contributed by atoms with E-state index in [0.29, 0.717) is 12.1 Å². The number of carbonyl (C=O) groups is 1. The van der Waals surface area contributed by atoms with Crippen molar-refractivity contribution in [1.29, 1.82) is 0 Å². The fraction of sp³-hybridized carbons (Fsp3) is 0.667. The minimum absolute atomic E-state index is 0.0425. The fourth-order valence-electron chi connectivity index (χ4n) is 0.841. The van der Waals surface area contributed by atoms with Gasteiger partial charge < -0.3 is 10.8 Å². The van der Waals surface area contributed by atoms with E-state index < -0.39 is 5.97 Å². The highest BCUT2D eigenvalue weighted by Gasteiger charge is 2.15. The normalized spacial score (nSPS) is 14.0. The monoisotopic (exact) mass is 171 g/mol. The van der Waals surface area contributed by atoms with Crippen molar-refractivity contribution in [1.82, 2.24) is 0 Å². The number of carboxylic acid groups (broad SMARTS) is 1. The predicted molar refractivity (Wildman–Crippen MR) is 48.6 cm³/mol. The highest BCUT2D eigenvalue weighted by atomic mass is 16.4. The lowest BCUT2D eigenvalue weighted by atomic mass is 9.89. The number of hydrogen-bond acceptors (Lipinski definition) is 2. The SMILES string of the molecule is CC(C(=O)O)=C(N)CC(C)(C)C. The molecule has 0 radical (unpaired) electrons. The van der Waals surface area contributed by atoms with Crippen LogP contribution in [0.25, 0.3) is 0 Å². The minimum Gasteiger partial charge on any atom is -0.478 e. The first-order valence-electron chi connectivity index (χ1n) is 3.92. The van der Waals surface area contributed by atoms with E-state index in [1.165, 1.54) is 6.92 Å². The molecule has 0 aliphatic rings. The van der Waals surface area contributed by atoms with Crippen molar-refractivity contribution >= 4 is 5.97 Å². The van der Waals surface area contributed by atoms with E-state index in [2.05, 4.69) is 0 Å². The Kier molecular flexibility index (Phi) is 3.31. The van der Waals surface area contributed by atoms with Gasteiger partial charge in [0.1, 0.15) is 0 Å². The molecule has 3 nitrogen and oxygen atoms in total. The van der Waals surface area contributed by atoms with Crippen LogP contribution in [-0.2, 0) is 4.79 Å². The van der Waals surface area contributed by atoms with Gasteiger partial charge in [-0.15, -0.1) is 0 Å². The zero-order valence-corrected chi connectivity index (χ0v) is 8.14. The lowest BCUT2D eigenvalue weighted by molar-refractivity contribution is -0.132. The topological polar surface area (TPSA) is 63.3 Å². The molecule has 0 heterocycles. The number of carboxylic acids is 1. The van der Waals surface area contributed by atoms with Gasteiger partial charge in [0.25, 0.3) is 0 Å². The average Bonchev–Trinajstić information content (AvgIpc) is 1.82. The summed E-state index contributed by atoms with van der Waals surface area (Å²) >= 11 is 0. The summed E-state index contributed by atoms with van der Waals surface area (Å²) in [5, 5.41) is 8.61. The lowest BCUT2D eigenvalue weighted by Crippen LogP contribution is -2.15. The largest absolute Gasteiger partial charge is 0.478 e. The number of aliphatic carboxylic acids is 1. The van der Waals surface area contributed by atoms with E-state index in [1.54, 1.807) is 0 Å². The summed E-state index contributed by atoms with van der Waals surface area (Å²) in [4.78, 5) is 10.5. The first-order chi connectivity index (χ1) is 5.24. The third kappa shape index (κ3) is 4.01. The van der Waals surface area contributed by atoms with Crippen molar-refractivity contribution in [2.75, 3.05) is 0 Å². The Morgan fingerprint density at radius 2 is 1.83 bits per heavy atom. The summed E-state index contributed by atoms with van der Waals surface area (Å²) in [7, 11) is 0. The molecular formula is C9H17NO2. The van der Waals surface area contributed by atoms with Crippen molar-refractivity contribution < 1.29 is 9.90 Å². The molecule has 0 saturated heterocycles. The first-order valence-corrected chi connectivity index (χ1v) is 3.92. The first kappa shape index (κ1) is 11.0. The Hall–Kier alpha value is -0.990. The van der Waals surface area contributed by atoms with Crippen LogP contribution in [-0.4, -0.2) is 11.1 Å². The molecule has 0 atom stereocenters. The van der Waals surface area contributed by atoms with Crippen molar-refractivity contribution in [3.63, 3.8) is 0 Å². The highest BCUT2D eigenvalue weighted by Crippen LogP contribution is 2.22. The Morgan fingerprint density at radius 3 is 2.08 bits per heavy atom. The van der Waals surface area contributed by atoms with Gasteiger partial charge in [0.2, 0.25) is 0 Å². The van der Waals surface area contributed by atoms with Crippen LogP contribution in [0.1, 0.15) is 34.1 Å². The molecule has 0 aromatic rings. The zero-order valence-electron chi connectivity index (χ0n) is 8.14. The van der Waals surface area contributed by atoms with E-state index in [1.807, 2.05) is 20.8 Å². The Morgan fingerprint density at radius 1 is 1.42 bits per heavy atom. The summed E-state index contributed by atoms with van der Waals surface area (Å²) in [6, 6.07) is 0. The van der Waals surface area contributed by atoms with Crippen LogP contribution in [0.2, 0.25) is 0 Å². The van der Waals surface area contributed by atoms with Gasteiger partial charge in [-0.25, -0.2) is 4.79 Å². The van der Waals surface area contributed by atoms with Crippen molar-refractivity contribution in [3.8, 4) is 0 Å².